The van der Waals surface area contributed by atoms with Gasteiger partial charge in [0.1, 0.15) is 0 Å². The van der Waals surface area contributed by atoms with Crippen LogP contribution in [0.15, 0.2) is 18.2 Å². The third kappa shape index (κ3) is 2.76. The van der Waals surface area contributed by atoms with Crippen molar-refractivity contribution in [3.8, 4) is 0 Å². The van der Waals surface area contributed by atoms with E-state index in [2.05, 4.69) is 58.3 Å². The molecular formula is C19H29NO. The van der Waals surface area contributed by atoms with Gasteiger partial charge in [-0.15, -0.1) is 0 Å². The number of fused-ring (bicyclic) bond motifs is 1. The van der Waals surface area contributed by atoms with Crippen LogP contribution >= 0.6 is 0 Å². The third-order valence-corrected chi connectivity index (χ3v) is 5.34. The van der Waals surface area contributed by atoms with Crippen LogP contribution in [0.5, 0.6) is 0 Å². The molecular weight excluding hydrogens is 258 g/mol. The Labute approximate surface area is 129 Å². The highest BCUT2D eigenvalue weighted by atomic mass is 16.5. The van der Waals surface area contributed by atoms with E-state index >= 15 is 0 Å². The second kappa shape index (κ2) is 5.10. The van der Waals surface area contributed by atoms with Crippen molar-refractivity contribution in [1.29, 1.82) is 0 Å². The minimum Gasteiger partial charge on any atom is -0.369 e. The molecule has 0 amide bonds. The van der Waals surface area contributed by atoms with Crippen molar-refractivity contribution in [2.75, 3.05) is 7.05 Å². The van der Waals surface area contributed by atoms with Gasteiger partial charge in [-0.3, -0.25) is 0 Å². The largest absolute Gasteiger partial charge is 0.369 e. The number of hydrogen-bond donors (Lipinski definition) is 1. The summed E-state index contributed by atoms with van der Waals surface area (Å²) in [6.45, 7) is 8.91. The van der Waals surface area contributed by atoms with Gasteiger partial charge in [-0.05, 0) is 77.1 Å². The second-order valence-corrected chi connectivity index (χ2v) is 7.92. The number of hydrogen-bond acceptors (Lipinski definition) is 2. The minimum absolute atomic E-state index is 0.0278. The first-order chi connectivity index (χ1) is 9.82. The van der Waals surface area contributed by atoms with Crippen molar-refractivity contribution < 1.29 is 4.74 Å². The molecule has 3 rings (SSSR count). The maximum Gasteiger partial charge on any atom is 0.0681 e. The number of ether oxygens (including phenoxy) is 1. The van der Waals surface area contributed by atoms with E-state index in [4.69, 9.17) is 4.74 Å². The van der Waals surface area contributed by atoms with Gasteiger partial charge in [-0.25, -0.2) is 0 Å². The first-order valence-corrected chi connectivity index (χ1v) is 8.31. The van der Waals surface area contributed by atoms with E-state index in [0.29, 0.717) is 12.0 Å². The average Bonchev–Trinajstić information content (AvgIpc) is 2.92. The fourth-order valence-electron chi connectivity index (χ4n) is 4.51. The zero-order chi connectivity index (χ0) is 15.3. The maximum absolute atomic E-state index is 6.31. The summed E-state index contributed by atoms with van der Waals surface area (Å²) in [6.07, 6.45) is 4.91. The fourth-order valence-corrected chi connectivity index (χ4v) is 4.51. The molecule has 0 radical (unpaired) electrons. The summed E-state index contributed by atoms with van der Waals surface area (Å²) in [6, 6.07) is 7.47. The highest BCUT2D eigenvalue weighted by Crippen LogP contribution is 2.47. The lowest BCUT2D eigenvalue weighted by Gasteiger charge is -2.33. The lowest BCUT2D eigenvalue weighted by Crippen LogP contribution is -2.37. The molecule has 1 fully saturated rings. The normalized spacial score (nSPS) is 27.6. The van der Waals surface area contributed by atoms with E-state index < -0.39 is 0 Å². The molecule has 1 aliphatic carbocycles. The van der Waals surface area contributed by atoms with Gasteiger partial charge in [0.15, 0.2) is 0 Å². The molecule has 0 bridgehead atoms. The van der Waals surface area contributed by atoms with E-state index in [-0.39, 0.29) is 11.2 Å². The van der Waals surface area contributed by atoms with Crippen molar-refractivity contribution in [3.63, 3.8) is 0 Å². The Kier molecular flexibility index (Phi) is 3.66. The first-order valence-electron chi connectivity index (χ1n) is 8.31. The summed E-state index contributed by atoms with van der Waals surface area (Å²) >= 11 is 0. The lowest BCUT2D eigenvalue weighted by molar-refractivity contribution is -0.0776. The second-order valence-electron chi connectivity index (χ2n) is 7.92. The van der Waals surface area contributed by atoms with Gasteiger partial charge < -0.3 is 10.1 Å². The van der Waals surface area contributed by atoms with Crippen LogP contribution in [0.1, 0.15) is 63.3 Å². The Balaban J connectivity index is 1.92. The zero-order valence-corrected chi connectivity index (χ0v) is 14.1. The quantitative estimate of drug-likeness (QED) is 0.906. The molecule has 21 heavy (non-hydrogen) atoms. The van der Waals surface area contributed by atoms with Crippen LogP contribution in [-0.4, -0.2) is 18.2 Å². The molecule has 1 aromatic rings. The molecule has 2 unspecified atom stereocenters. The Morgan fingerprint density at radius 2 is 1.86 bits per heavy atom. The highest BCUT2D eigenvalue weighted by molar-refractivity contribution is 5.37. The summed E-state index contributed by atoms with van der Waals surface area (Å²) in [4.78, 5) is 0. The summed E-state index contributed by atoms with van der Waals surface area (Å²) in [5.41, 5.74) is 4.42. The highest BCUT2D eigenvalue weighted by Gasteiger charge is 2.49. The first kappa shape index (κ1) is 15.1. The molecule has 1 aliphatic heterocycles. The van der Waals surface area contributed by atoms with Crippen LogP contribution < -0.4 is 5.32 Å². The van der Waals surface area contributed by atoms with Gasteiger partial charge in [-0.2, -0.15) is 0 Å². The molecule has 1 aromatic carbocycles. The van der Waals surface area contributed by atoms with E-state index in [1.807, 2.05) is 0 Å². The van der Waals surface area contributed by atoms with Crippen LogP contribution in [0.3, 0.4) is 0 Å². The smallest absolute Gasteiger partial charge is 0.0681 e. The van der Waals surface area contributed by atoms with Gasteiger partial charge in [-0.1, -0.05) is 18.2 Å². The van der Waals surface area contributed by atoms with Gasteiger partial charge in [0.2, 0.25) is 0 Å². The fraction of sp³-hybridized carbons (Fsp3) is 0.684. The summed E-state index contributed by atoms with van der Waals surface area (Å²) in [5.74, 6) is 0.497. The molecule has 1 heterocycles. The zero-order valence-electron chi connectivity index (χ0n) is 14.1. The molecule has 2 nitrogen and oxygen atoms in total. The molecule has 1 N–H and O–H groups in total. The van der Waals surface area contributed by atoms with Crippen LogP contribution in [0.25, 0.3) is 0 Å². The topological polar surface area (TPSA) is 21.3 Å². The van der Waals surface area contributed by atoms with E-state index in [9.17, 15) is 0 Å². The lowest BCUT2D eigenvalue weighted by atomic mass is 9.78. The molecule has 2 heteroatoms. The molecule has 0 spiro atoms. The number of aryl methyl sites for hydroxylation is 2. The predicted octanol–water partition coefficient (Wildman–Crippen LogP) is 4.03. The Bertz CT molecular complexity index is 532. The molecule has 0 aromatic heterocycles. The van der Waals surface area contributed by atoms with Crippen molar-refractivity contribution >= 4 is 0 Å². The van der Waals surface area contributed by atoms with Crippen molar-refractivity contribution in [1.82, 2.24) is 5.32 Å². The molecule has 1 saturated heterocycles. The van der Waals surface area contributed by atoms with Gasteiger partial charge in [0.25, 0.3) is 0 Å². The molecule has 0 saturated carbocycles. The minimum atomic E-state index is -0.0871. The Morgan fingerprint density at radius 1 is 1.14 bits per heavy atom. The van der Waals surface area contributed by atoms with Crippen molar-refractivity contribution in [2.24, 2.45) is 5.92 Å². The number of rotatable bonds is 3. The molecule has 116 valence electrons. The van der Waals surface area contributed by atoms with Crippen LogP contribution in [0.4, 0.5) is 0 Å². The number of nitrogens with one attached hydrogen (secondary N) is 1. The van der Waals surface area contributed by atoms with Crippen molar-refractivity contribution in [2.45, 2.75) is 70.6 Å². The predicted molar refractivity (Wildman–Crippen MR) is 87.6 cm³/mol. The standard InChI is InChI=1S/C19H29NO/c1-18(2)12-16(19(3,4)21-18)17(20-5)15-10-9-13-7-6-8-14(13)11-15/h9-11,16-17,20H,6-8,12H2,1-5H3. The summed E-state index contributed by atoms with van der Waals surface area (Å²) in [7, 11) is 2.08. The maximum atomic E-state index is 6.31. The Morgan fingerprint density at radius 3 is 2.48 bits per heavy atom. The van der Waals surface area contributed by atoms with Gasteiger partial charge in [0, 0.05) is 12.0 Å². The van der Waals surface area contributed by atoms with E-state index in [0.717, 1.165) is 6.42 Å². The SMILES string of the molecule is CNC(c1ccc2c(c1)CCC2)C1CC(C)(C)OC1(C)C. The van der Waals surface area contributed by atoms with Gasteiger partial charge in [0.05, 0.1) is 11.2 Å². The monoisotopic (exact) mass is 287 g/mol. The van der Waals surface area contributed by atoms with Crippen LogP contribution in [-0.2, 0) is 17.6 Å². The van der Waals surface area contributed by atoms with E-state index in [1.54, 1.807) is 11.1 Å². The van der Waals surface area contributed by atoms with Crippen LogP contribution in [0.2, 0.25) is 0 Å². The molecule has 2 atom stereocenters. The van der Waals surface area contributed by atoms with E-state index in [1.165, 1.54) is 24.8 Å². The number of benzene rings is 1. The van der Waals surface area contributed by atoms with Crippen LogP contribution in [0, 0.1) is 5.92 Å². The average molecular weight is 287 g/mol. The summed E-state index contributed by atoms with van der Waals surface area (Å²) < 4.78 is 6.31. The Hall–Kier alpha value is -0.860. The molecule has 2 aliphatic rings. The van der Waals surface area contributed by atoms with Gasteiger partial charge >= 0.3 is 0 Å². The third-order valence-electron chi connectivity index (χ3n) is 5.34. The summed E-state index contributed by atoms with van der Waals surface area (Å²) in [5, 5.41) is 3.56. The van der Waals surface area contributed by atoms with Crippen molar-refractivity contribution in [3.05, 3.63) is 34.9 Å².